The van der Waals surface area contributed by atoms with Crippen LogP contribution in [0.1, 0.15) is 21.5 Å². The largest absolute Gasteiger partial charge is 0.493 e. The Bertz CT molecular complexity index is 767. The Hall–Kier alpha value is -1.97. The van der Waals surface area contributed by atoms with Crippen LogP contribution in [0.3, 0.4) is 0 Å². The van der Waals surface area contributed by atoms with Crippen molar-refractivity contribution in [2.45, 2.75) is 6.92 Å². The Balaban J connectivity index is 2.30. The normalized spacial score (nSPS) is 10.8. The molecule has 0 amide bonds. The third kappa shape index (κ3) is 4.06. The number of hydrogen-bond acceptors (Lipinski definition) is 3. The highest BCUT2D eigenvalue weighted by Crippen LogP contribution is 2.32. The van der Waals surface area contributed by atoms with Crippen molar-refractivity contribution in [2.75, 3.05) is 14.2 Å². The number of halogens is 2. The third-order valence-electron chi connectivity index (χ3n) is 3.33. The second-order valence-electron chi connectivity index (χ2n) is 4.89. The van der Waals surface area contributed by atoms with Crippen molar-refractivity contribution < 1.29 is 14.3 Å². The second kappa shape index (κ2) is 7.53. The maximum atomic E-state index is 12.4. The van der Waals surface area contributed by atoms with Crippen LogP contribution < -0.4 is 9.47 Å². The molecule has 0 aliphatic heterocycles. The third-order valence-corrected chi connectivity index (χ3v) is 3.89. The smallest absolute Gasteiger partial charge is 0.186 e. The SMILES string of the molecule is COc1cc(C(=O)C=Cc2ccc(Cl)cc2Cl)cc(C)c1OC. The number of ketones is 1. The van der Waals surface area contributed by atoms with E-state index in [0.29, 0.717) is 27.1 Å². The zero-order valence-electron chi connectivity index (χ0n) is 13.0. The van der Waals surface area contributed by atoms with Gasteiger partial charge in [0.25, 0.3) is 0 Å². The van der Waals surface area contributed by atoms with Gasteiger partial charge in [-0.1, -0.05) is 29.3 Å². The summed E-state index contributed by atoms with van der Waals surface area (Å²) >= 11 is 11.9. The molecule has 0 unspecified atom stereocenters. The fraction of sp³-hybridized carbons (Fsp3) is 0.167. The van der Waals surface area contributed by atoms with Gasteiger partial charge in [-0.15, -0.1) is 0 Å². The molecule has 3 nitrogen and oxygen atoms in total. The number of carbonyl (C=O) groups is 1. The first-order valence-electron chi connectivity index (χ1n) is 6.86. The number of ether oxygens (including phenoxy) is 2. The summed E-state index contributed by atoms with van der Waals surface area (Å²) in [5.41, 5.74) is 2.07. The van der Waals surface area contributed by atoms with Crippen LogP contribution in [0.15, 0.2) is 36.4 Å². The zero-order chi connectivity index (χ0) is 17.0. The van der Waals surface area contributed by atoms with Crippen molar-refractivity contribution in [2.24, 2.45) is 0 Å². The van der Waals surface area contributed by atoms with E-state index in [1.807, 2.05) is 6.92 Å². The van der Waals surface area contributed by atoms with E-state index < -0.39 is 0 Å². The van der Waals surface area contributed by atoms with Gasteiger partial charge < -0.3 is 9.47 Å². The Morgan fingerprint density at radius 3 is 2.43 bits per heavy atom. The molecule has 0 atom stereocenters. The second-order valence-corrected chi connectivity index (χ2v) is 5.74. The minimum Gasteiger partial charge on any atom is -0.493 e. The molecule has 0 saturated carbocycles. The summed E-state index contributed by atoms with van der Waals surface area (Å²) in [5.74, 6) is 0.989. The van der Waals surface area contributed by atoms with Crippen LogP contribution in [-0.2, 0) is 0 Å². The lowest BCUT2D eigenvalue weighted by Gasteiger charge is -2.11. The number of rotatable bonds is 5. The number of carbonyl (C=O) groups excluding carboxylic acids is 1. The Labute approximate surface area is 145 Å². The molecule has 0 bridgehead atoms. The summed E-state index contributed by atoms with van der Waals surface area (Å²) in [4.78, 5) is 12.4. The molecule has 23 heavy (non-hydrogen) atoms. The van der Waals surface area contributed by atoms with Gasteiger partial charge >= 0.3 is 0 Å². The van der Waals surface area contributed by atoms with Crippen molar-refractivity contribution in [1.29, 1.82) is 0 Å². The highest BCUT2D eigenvalue weighted by Gasteiger charge is 2.12. The molecule has 0 aliphatic rings. The minimum absolute atomic E-state index is 0.153. The molecule has 5 heteroatoms. The van der Waals surface area contributed by atoms with E-state index in [2.05, 4.69) is 0 Å². The van der Waals surface area contributed by atoms with Gasteiger partial charge in [0, 0.05) is 15.6 Å². The fourth-order valence-electron chi connectivity index (χ4n) is 2.20. The monoisotopic (exact) mass is 350 g/mol. The van der Waals surface area contributed by atoms with Gasteiger partial charge in [-0.3, -0.25) is 4.79 Å². The maximum absolute atomic E-state index is 12.4. The Kier molecular flexibility index (Phi) is 5.69. The van der Waals surface area contributed by atoms with Crippen LogP contribution in [-0.4, -0.2) is 20.0 Å². The average molecular weight is 351 g/mol. The van der Waals surface area contributed by atoms with Crippen molar-refractivity contribution in [3.63, 3.8) is 0 Å². The Morgan fingerprint density at radius 1 is 1.09 bits per heavy atom. The van der Waals surface area contributed by atoms with E-state index in [4.69, 9.17) is 32.7 Å². The van der Waals surface area contributed by atoms with Crippen molar-refractivity contribution >= 4 is 35.1 Å². The van der Waals surface area contributed by atoms with Crippen molar-refractivity contribution in [3.8, 4) is 11.5 Å². The lowest BCUT2D eigenvalue weighted by Crippen LogP contribution is -2.00. The summed E-state index contributed by atoms with van der Waals surface area (Å²) < 4.78 is 10.5. The van der Waals surface area contributed by atoms with Crippen LogP contribution >= 0.6 is 23.2 Å². The number of hydrogen-bond donors (Lipinski definition) is 0. The lowest BCUT2D eigenvalue weighted by molar-refractivity contribution is 0.104. The predicted octanol–water partition coefficient (Wildman–Crippen LogP) is 5.22. The van der Waals surface area contributed by atoms with Crippen molar-refractivity contribution in [3.05, 3.63) is 63.1 Å². The van der Waals surface area contributed by atoms with Gasteiger partial charge in [-0.25, -0.2) is 0 Å². The van der Waals surface area contributed by atoms with Gasteiger partial charge in [0.15, 0.2) is 17.3 Å². The lowest BCUT2D eigenvalue weighted by atomic mass is 10.0. The van der Waals surface area contributed by atoms with E-state index >= 15 is 0 Å². The molecule has 0 heterocycles. The molecule has 0 N–H and O–H groups in total. The molecule has 2 rings (SSSR count). The van der Waals surface area contributed by atoms with Gasteiger partial charge in [0.2, 0.25) is 0 Å². The molecule has 2 aromatic rings. The average Bonchev–Trinajstić information content (AvgIpc) is 2.52. The van der Waals surface area contributed by atoms with Crippen LogP contribution in [0.25, 0.3) is 6.08 Å². The molecule has 0 aliphatic carbocycles. The predicted molar refractivity (Wildman–Crippen MR) is 94.1 cm³/mol. The molecule has 0 radical (unpaired) electrons. The van der Waals surface area contributed by atoms with Gasteiger partial charge in [0.1, 0.15) is 0 Å². The maximum Gasteiger partial charge on any atom is 0.186 e. The highest BCUT2D eigenvalue weighted by molar-refractivity contribution is 6.35. The summed E-state index contributed by atoms with van der Waals surface area (Å²) in [7, 11) is 3.10. The van der Waals surface area contributed by atoms with Crippen molar-refractivity contribution in [1.82, 2.24) is 0 Å². The summed E-state index contributed by atoms with van der Waals surface area (Å²) in [6.45, 7) is 1.86. The quantitative estimate of drug-likeness (QED) is 0.548. The molecular formula is C18H16Cl2O3. The van der Waals surface area contributed by atoms with E-state index in [1.54, 1.807) is 43.5 Å². The first-order chi connectivity index (χ1) is 11.0. The molecule has 120 valence electrons. The van der Waals surface area contributed by atoms with E-state index in [-0.39, 0.29) is 5.78 Å². The molecule has 0 spiro atoms. The van der Waals surface area contributed by atoms with Crippen LogP contribution in [0.4, 0.5) is 0 Å². The van der Waals surface area contributed by atoms with E-state index in [1.165, 1.54) is 13.2 Å². The van der Waals surface area contributed by atoms with Crippen LogP contribution in [0, 0.1) is 6.92 Å². The fourth-order valence-corrected chi connectivity index (χ4v) is 2.67. The molecule has 0 saturated heterocycles. The summed E-state index contributed by atoms with van der Waals surface area (Å²) in [5, 5.41) is 1.04. The van der Waals surface area contributed by atoms with Gasteiger partial charge in [-0.2, -0.15) is 0 Å². The number of aryl methyl sites for hydroxylation is 1. The highest BCUT2D eigenvalue weighted by atomic mass is 35.5. The minimum atomic E-state index is -0.153. The topological polar surface area (TPSA) is 35.5 Å². The molecular weight excluding hydrogens is 335 g/mol. The van der Waals surface area contributed by atoms with Crippen LogP contribution in [0.5, 0.6) is 11.5 Å². The standard InChI is InChI=1S/C18H16Cl2O3/c1-11-8-13(9-17(22-2)18(11)23-3)16(21)7-5-12-4-6-14(19)10-15(12)20/h4-10H,1-3H3. The number of allylic oxidation sites excluding steroid dienone is 1. The summed E-state index contributed by atoms with van der Waals surface area (Å²) in [6, 6.07) is 8.53. The molecule has 0 aromatic heterocycles. The first kappa shape index (κ1) is 17.4. The van der Waals surface area contributed by atoms with Gasteiger partial charge in [0.05, 0.1) is 14.2 Å². The number of benzene rings is 2. The molecule has 0 fully saturated rings. The number of methoxy groups -OCH3 is 2. The van der Waals surface area contributed by atoms with Gasteiger partial charge in [-0.05, 0) is 54.5 Å². The molecule has 2 aromatic carbocycles. The first-order valence-corrected chi connectivity index (χ1v) is 7.62. The summed E-state index contributed by atoms with van der Waals surface area (Å²) in [6.07, 6.45) is 3.13. The van der Waals surface area contributed by atoms with E-state index in [9.17, 15) is 4.79 Å². The van der Waals surface area contributed by atoms with Crippen LogP contribution in [0.2, 0.25) is 10.0 Å². The zero-order valence-corrected chi connectivity index (χ0v) is 14.5. The Morgan fingerprint density at radius 2 is 1.83 bits per heavy atom. The van der Waals surface area contributed by atoms with E-state index in [0.717, 1.165) is 11.1 Å².